The van der Waals surface area contributed by atoms with Crippen molar-refractivity contribution < 1.29 is 4.42 Å². The Labute approximate surface area is 84.1 Å². The van der Waals surface area contributed by atoms with Gasteiger partial charge in [0.25, 0.3) is 0 Å². The number of furan rings is 1. The molecule has 1 atom stereocenters. The number of allylic oxidation sites excluding steroid dienone is 2. The molecule has 74 valence electrons. The molecule has 2 nitrogen and oxygen atoms in total. The lowest BCUT2D eigenvalue weighted by molar-refractivity contribution is 0.520. The average molecular weight is 189 g/mol. The highest BCUT2D eigenvalue weighted by Gasteiger charge is 2.17. The maximum atomic E-state index is 5.96. The van der Waals surface area contributed by atoms with Crippen LogP contribution in [0.4, 0.5) is 0 Å². The number of rotatable bonds is 1. The van der Waals surface area contributed by atoms with E-state index in [1.54, 1.807) is 0 Å². The third kappa shape index (κ3) is 1.80. The lowest BCUT2D eigenvalue weighted by atomic mass is 9.91. The third-order valence-electron chi connectivity index (χ3n) is 2.43. The summed E-state index contributed by atoms with van der Waals surface area (Å²) in [6.07, 6.45) is 7.04. The lowest BCUT2D eigenvalue weighted by Crippen LogP contribution is -2.33. The summed E-state index contributed by atoms with van der Waals surface area (Å²) in [5, 5.41) is 0. The van der Waals surface area contributed by atoms with E-state index in [1.165, 1.54) is 0 Å². The van der Waals surface area contributed by atoms with Gasteiger partial charge in [-0.25, -0.2) is 0 Å². The quantitative estimate of drug-likeness (QED) is 0.737. The summed E-state index contributed by atoms with van der Waals surface area (Å²) in [6.45, 7) is 3.97. The fourth-order valence-electron chi connectivity index (χ4n) is 1.52. The summed E-state index contributed by atoms with van der Waals surface area (Å²) in [7, 11) is 0. The predicted molar refractivity (Wildman–Crippen MR) is 57.8 cm³/mol. The minimum absolute atomic E-state index is 0.203. The first-order valence-electron chi connectivity index (χ1n) is 4.82. The first-order chi connectivity index (χ1) is 6.57. The highest BCUT2D eigenvalue weighted by molar-refractivity contribution is 5.72. The average Bonchev–Trinajstić information content (AvgIpc) is 2.52. The van der Waals surface area contributed by atoms with Crippen LogP contribution >= 0.6 is 0 Å². The van der Waals surface area contributed by atoms with Crippen LogP contribution in [-0.4, -0.2) is 5.54 Å². The Kier molecular flexibility index (Phi) is 2.08. The van der Waals surface area contributed by atoms with Crippen molar-refractivity contribution in [3.63, 3.8) is 0 Å². The third-order valence-corrected chi connectivity index (χ3v) is 2.43. The van der Waals surface area contributed by atoms with Crippen molar-refractivity contribution in [2.75, 3.05) is 0 Å². The summed E-state index contributed by atoms with van der Waals surface area (Å²) < 4.78 is 5.53. The van der Waals surface area contributed by atoms with Crippen LogP contribution in [0.1, 0.15) is 24.9 Å². The Hall–Kier alpha value is -1.28. The predicted octanol–water partition coefficient (Wildman–Crippen LogP) is 2.65. The molecule has 2 rings (SSSR count). The molecular weight excluding hydrogens is 174 g/mol. The normalized spacial score (nSPS) is 26.4. The van der Waals surface area contributed by atoms with Crippen molar-refractivity contribution in [3.05, 3.63) is 41.9 Å². The van der Waals surface area contributed by atoms with Crippen LogP contribution in [0.2, 0.25) is 0 Å². The van der Waals surface area contributed by atoms with Crippen LogP contribution in [0.15, 0.2) is 34.8 Å². The molecule has 0 saturated heterocycles. The molecule has 1 aliphatic carbocycles. The summed E-state index contributed by atoms with van der Waals surface area (Å²) >= 11 is 0. The molecule has 0 saturated carbocycles. The van der Waals surface area contributed by atoms with Crippen LogP contribution in [0.3, 0.4) is 0 Å². The highest BCUT2D eigenvalue weighted by atomic mass is 16.3. The van der Waals surface area contributed by atoms with Gasteiger partial charge in [0, 0.05) is 11.1 Å². The molecule has 1 unspecified atom stereocenters. The monoisotopic (exact) mass is 189 g/mol. The Bertz CT molecular complexity index is 396. The van der Waals surface area contributed by atoms with E-state index in [2.05, 4.69) is 6.08 Å². The molecule has 0 spiro atoms. The van der Waals surface area contributed by atoms with Gasteiger partial charge in [-0.3, -0.25) is 0 Å². The molecule has 1 aliphatic rings. The molecule has 1 heterocycles. The van der Waals surface area contributed by atoms with Gasteiger partial charge in [-0.2, -0.15) is 0 Å². The van der Waals surface area contributed by atoms with E-state index in [0.717, 1.165) is 23.5 Å². The highest BCUT2D eigenvalue weighted by Crippen LogP contribution is 2.26. The van der Waals surface area contributed by atoms with E-state index in [4.69, 9.17) is 10.2 Å². The Balaban J connectivity index is 2.24. The van der Waals surface area contributed by atoms with Gasteiger partial charge in [-0.1, -0.05) is 18.2 Å². The molecule has 14 heavy (non-hydrogen) atoms. The Morgan fingerprint density at radius 1 is 1.43 bits per heavy atom. The fourth-order valence-corrected chi connectivity index (χ4v) is 1.52. The minimum Gasteiger partial charge on any atom is -0.461 e. The second-order valence-corrected chi connectivity index (χ2v) is 4.11. The SMILES string of the molecule is Cc1ccc(C2=CCC(C)(N)C=C2)o1. The maximum absolute atomic E-state index is 5.96. The zero-order chi connectivity index (χ0) is 10.2. The van der Waals surface area contributed by atoms with Crippen LogP contribution in [-0.2, 0) is 0 Å². The standard InChI is InChI=1S/C12H15NO/c1-9-3-4-11(14-9)10-5-7-12(2,13)8-6-10/h3-7H,8,13H2,1-2H3. The molecule has 2 N–H and O–H groups in total. The van der Waals surface area contributed by atoms with E-state index in [0.29, 0.717) is 0 Å². The van der Waals surface area contributed by atoms with Crippen LogP contribution in [0, 0.1) is 6.92 Å². The van der Waals surface area contributed by atoms with Crippen molar-refractivity contribution in [1.29, 1.82) is 0 Å². The molecule has 1 aromatic heterocycles. The Morgan fingerprint density at radius 3 is 2.71 bits per heavy atom. The summed E-state index contributed by atoms with van der Waals surface area (Å²) in [5.74, 6) is 1.87. The van der Waals surface area contributed by atoms with Gasteiger partial charge in [0.15, 0.2) is 0 Å². The van der Waals surface area contributed by atoms with E-state index < -0.39 is 0 Å². The molecule has 0 amide bonds. The molecular formula is C12H15NO. The van der Waals surface area contributed by atoms with Gasteiger partial charge in [0.2, 0.25) is 0 Å². The molecule has 2 heteroatoms. The second-order valence-electron chi connectivity index (χ2n) is 4.11. The first kappa shape index (κ1) is 9.28. The Morgan fingerprint density at radius 2 is 2.21 bits per heavy atom. The van der Waals surface area contributed by atoms with Crippen LogP contribution < -0.4 is 5.73 Å². The molecule has 0 aliphatic heterocycles. The van der Waals surface area contributed by atoms with Gasteiger partial charge in [0.05, 0.1) is 0 Å². The molecule has 1 aromatic rings. The van der Waals surface area contributed by atoms with E-state index >= 15 is 0 Å². The minimum atomic E-state index is -0.203. The molecule has 0 aromatic carbocycles. The van der Waals surface area contributed by atoms with E-state index in [-0.39, 0.29) is 5.54 Å². The number of aryl methyl sites for hydroxylation is 1. The van der Waals surface area contributed by atoms with Crippen molar-refractivity contribution in [1.82, 2.24) is 0 Å². The van der Waals surface area contributed by atoms with Crippen LogP contribution in [0.5, 0.6) is 0 Å². The largest absolute Gasteiger partial charge is 0.461 e. The van der Waals surface area contributed by atoms with Crippen molar-refractivity contribution in [2.45, 2.75) is 25.8 Å². The van der Waals surface area contributed by atoms with Gasteiger partial charge in [-0.05, 0) is 32.4 Å². The summed E-state index contributed by atoms with van der Waals surface area (Å²) in [5.41, 5.74) is 6.88. The van der Waals surface area contributed by atoms with E-state index in [1.807, 2.05) is 38.1 Å². The van der Waals surface area contributed by atoms with Crippen molar-refractivity contribution in [2.24, 2.45) is 5.73 Å². The van der Waals surface area contributed by atoms with E-state index in [9.17, 15) is 0 Å². The van der Waals surface area contributed by atoms with Crippen LogP contribution in [0.25, 0.3) is 5.57 Å². The second kappa shape index (κ2) is 3.14. The first-order valence-corrected chi connectivity index (χ1v) is 4.82. The molecule has 0 fully saturated rings. The van der Waals surface area contributed by atoms with Crippen molar-refractivity contribution in [3.8, 4) is 0 Å². The smallest absolute Gasteiger partial charge is 0.133 e. The van der Waals surface area contributed by atoms with Gasteiger partial charge < -0.3 is 10.2 Å². The van der Waals surface area contributed by atoms with Gasteiger partial charge in [0.1, 0.15) is 11.5 Å². The molecule has 0 bridgehead atoms. The lowest BCUT2D eigenvalue weighted by Gasteiger charge is -2.21. The number of hydrogen-bond acceptors (Lipinski definition) is 2. The van der Waals surface area contributed by atoms with Gasteiger partial charge in [-0.15, -0.1) is 0 Å². The number of hydrogen-bond donors (Lipinski definition) is 1. The summed E-state index contributed by atoms with van der Waals surface area (Å²) in [4.78, 5) is 0. The zero-order valence-electron chi connectivity index (χ0n) is 8.58. The van der Waals surface area contributed by atoms with Crippen molar-refractivity contribution >= 4 is 5.57 Å². The van der Waals surface area contributed by atoms with Gasteiger partial charge >= 0.3 is 0 Å². The fraction of sp³-hybridized carbons (Fsp3) is 0.333. The molecule has 0 radical (unpaired) electrons. The topological polar surface area (TPSA) is 39.2 Å². The zero-order valence-corrected chi connectivity index (χ0v) is 8.58. The number of nitrogens with two attached hydrogens (primary N) is 1. The maximum Gasteiger partial charge on any atom is 0.133 e. The summed E-state index contributed by atoms with van der Waals surface area (Å²) in [6, 6.07) is 3.96.